The second kappa shape index (κ2) is 6.09. The van der Waals surface area contributed by atoms with E-state index in [1.807, 2.05) is 0 Å². The SMILES string of the molecule is COc1ccc(C(=O)Nc2cc(C(=O)O)ccc2C)cc1. The van der Waals surface area contributed by atoms with Crippen molar-refractivity contribution in [2.75, 3.05) is 12.4 Å². The van der Waals surface area contributed by atoms with E-state index in [9.17, 15) is 9.59 Å². The number of hydrogen-bond donors (Lipinski definition) is 2. The summed E-state index contributed by atoms with van der Waals surface area (Å²) in [5, 5.41) is 11.7. The van der Waals surface area contributed by atoms with Crippen molar-refractivity contribution < 1.29 is 19.4 Å². The van der Waals surface area contributed by atoms with Gasteiger partial charge in [-0.1, -0.05) is 6.07 Å². The van der Waals surface area contributed by atoms with E-state index in [0.717, 1.165) is 5.56 Å². The molecule has 0 saturated carbocycles. The molecule has 1 amide bonds. The zero-order valence-electron chi connectivity index (χ0n) is 11.7. The largest absolute Gasteiger partial charge is 0.497 e. The molecular weight excluding hydrogens is 270 g/mol. The number of nitrogens with one attached hydrogen (secondary N) is 1. The van der Waals surface area contributed by atoms with E-state index < -0.39 is 5.97 Å². The predicted octanol–water partition coefficient (Wildman–Crippen LogP) is 2.95. The molecule has 0 atom stereocenters. The lowest BCUT2D eigenvalue weighted by Crippen LogP contribution is -2.13. The fraction of sp³-hybridized carbons (Fsp3) is 0.125. The molecule has 2 aromatic carbocycles. The van der Waals surface area contributed by atoms with Gasteiger partial charge >= 0.3 is 5.97 Å². The molecule has 0 radical (unpaired) electrons. The van der Waals surface area contributed by atoms with Crippen molar-refractivity contribution in [3.8, 4) is 5.75 Å². The van der Waals surface area contributed by atoms with Crippen LogP contribution in [0.1, 0.15) is 26.3 Å². The lowest BCUT2D eigenvalue weighted by Gasteiger charge is -2.09. The number of methoxy groups -OCH3 is 1. The number of aryl methyl sites for hydroxylation is 1. The standard InChI is InChI=1S/C16H15NO4/c1-10-3-4-12(16(19)20)9-14(10)17-15(18)11-5-7-13(21-2)8-6-11/h3-9H,1-2H3,(H,17,18)(H,19,20). The van der Waals surface area contributed by atoms with Crippen molar-refractivity contribution in [3.63, 3.8) is 0 Å². The summed E-state index contributed by atoms with van der Waals surface area (Å²) < 4.78 is 5.03. The summed E-state index contributed by atoms with van der Waals surface area (Å²) >= 11 is 0. The zero-order valence-corrected chi connectivity index (χ0v) is 11.7. The van der Waals surface area contributed by atoms with Gasteiger partial charge in [0.05, 0.1) is 12.7 Å². The molecule has 0 spiro atoms. The topological polar surface area (TPSA) is 75.6 Å². The molecule has 2 aromatic rings. The van der Waals surface area contributed by atoms with Crippen molar-refractivity contribution in [1.82, 2.24) is 0 Å². The molecule has 5 nitrogen and oxygen atoms in total. The summed E-state index contributed by atoms with van der Waals surface area (Å²) in [7, 11) is 1.55. The van der Waals surface area contributed by atoms with Crippen LogP contribution in [-0.2, 0) is 0 Å². The predicted molar refractivity (Wildman–Crippen MR) is 79.1 cm³/mol. The van der Waals surface area contributed by atoms with E-state index in [0.29, 0.717) is 17.0 Å². The van der Waals surface area contributed by atoms with Crippen LogP contribution in [0.2, 0.25) is 0 Å². The highest BCUT2D eigenvalue weighted by molar-refractivity contribution is 6.05. The van der Waals surface area contributed by atoms with Gasteiger partial charge in [-0.3, -0.25) is 4.79 Å². The molecule has 0 aliphatic heterocycles. The first-order chi connectivity index (χ1) is 10.0. The Morgan fingerprint density at radius 1 is 1.05 bits per heavy atom. The van der Waals surface area contributed by atoms with E-state index >= 15 is 0 Å². The van der Waals surface area contributed by atoms with Gasteiger partial charge in [0.2, 0.25) is 0 Å². The number of carboxylic acid groups (broad SMARTS) is 1. The Bertz CT molecular complexity index is 677. The van der Waals surface area contributed by atoms with Gasteiger partial charge < -0.3 is 15.2 Å². The molecule has 108 valence electrons. The maximum absolute atomic E-state index is 12.1. The highest BCUT2D eigenvalue weighted by Crippen LogP contribution is 2.19. The van der Waals surface area contributed by atoms with Crippen LogP contribution >= 0.6 is 0 Å². The van der Waals surface area contributed by atoms with Gasteiger partial charge in [-0.15, -0.1) is 0 Å². The first kappa shape index (κ1) is 14.6. The van der Waals surface area contributed by atoms with Gasteiger partial charge in [-0.2, -0.15) is 0 Å². The van der Waals surface area contributed by atoms with Gasteiger partial charge in [-0.25, -0.2) is 4.79 Å². The van der Waals surface area contributed by atoms with E-state index in [1.54, 1.807) is 44.4 Å². The average molecular weight is 285 g/mol. The third-order valence-corrected chi connectivity index (χ3v) is 3.08. The Hall–Kier alpha value is -2.82. The van der Waals surface area contributed by atoms with Crippen LogP contribution in [0.3, 0.4) is 0 Å². The van der Waals surface area contributed by atoms with Crippen LogP contribution in [0.4, 0.5) is 5.69 Å². The van der Waals surface area contributed by atoms with E-state index in [4.69, 9.17) is 9.84 Å². The van der Waals surface area contributed by atoms with Gasteiger partial charge in [0, 0.05) is 11.3 Å². The molecule has 2 N–H and O–H groups in total. The van der Waals surface area contributed by atoms with Crippen LogP contribution in [0, 0.1) is 6.92 Å². The van der Waals surface area contributed by atoms with Gasteiger partial charge in [0.15, 0.2) is 0 Å². The minimum absolute atomic E-state index is 0.130. The molecule has 0 unspecified atom stereocenters. The van der Waals surface area contributed by atoms with Gasteiger partial charge in [-0.05, 0) is 48.9 Å². The smallest absolute Gasteiger partial charge is 0.335 e. The monoisotopic (exact) mass is 285 g/mol. The fourth-order valence-electron chi connectivity index (χ4n) is 1.83. The molecule has 0 aromatic heterocycles. The van der Waals surface area contributed by atoms with Crippen molar-refractivity contribution in [1.29, 1.82) is 0 Å². The zero-order chi connectivity index (χ0) is 15.4. The molecule has 0 aliphatic rings. The van der Waals surface area contributed by atoms with Crippen LogP contribution in [0.15, 0.2) is 42.5 Å². The second-order valence-corrected chi connectivity index (χ2v) is 4.52. The normalized spacial score (nSPS) is 10.0. The van der Waals surface area contributed by atoms with Crippen LogP contribution in [0.5, 0.6) is 5.75 Å². The van der Waals surface area contributed by atoms with Crippen LogP contribution in [0.25, 0.3) is 0 Å². The molecule has 0 fully saturated rings. The van der Waals surface area contributed by atoms with Crippen molar-refractivity contribution >= 4 is 17.6 Å². The maximum atomic E-state index is 12.1. The summed E-state index contributed by atoms with van der Waals surface area (Å²) in [5.74, 6) is -0.672. The Labute approximate surface area is 122 Å². The Balaban J connectivity index is 2.22. The number of carbonyl (C=O) groups excluding carboxylic acids is 1. The van der Waals surface area contributed by atoms with Gasteiger partial charge in [0.25, 0.3) is 5.91 Å². The van der Waals surface area contributed by atoms with Crippen LogP contribution < -0.4 is 10.1 Å². The molecule has 21 heavy (non-hydrogen) atoms. The van der Waals surface area contributed by atoms with E-state index in [2.05, 4.69) is 5.32 Å². The van der Waals surface area contributed by atoms with E-state index in [1.165, 1.54) is 12.1 Å². The molecule has 0 bridgehead atoms. The molecule has 2 rings (SSSR count). The molecule has 0 aliphatic carbocycles. The summed E-state index contributed by atoms with van der Waals surface area (Å²) in [6.45, 7) is 1.80. The Kier molecular flexibility index (Phi) is 4.23. The first-order valence-corrected chi connectivity index (χ1v) is 6.30. The Morgan fingerprint density at radius 3 is 2.24 bits per heavy atom. The minimum atomic E-state index is -1.03. The summed E-state index contributed by atoms with van der Waals surface area (Å²) in [6, 6.07) is 11.3. The Morgan fingerprint density at radius 2 is 1.67 bits per heavy atom. The van der Waals surface area contributed by atoms with E-state index in [-0.39, 0.29) is 11.5 Å². The number of benzene rings is 2. The number of hydrogen-bond acceptors (Lipinski definition) is 3. The molecular formula is C16H15NO4. The quantitative estimate of drug-likeness (QED) is 0.905. The highest BCUT2D eigenvalue weighted by Gasteiger charge is 2.10. The average Bonchev–Trinajstić information content (AvgIpc) is 2.49. The molecule has 0 heterocycles. The van der Waals surface area contributed by atoms with Crippen molar-refractivity contribution in [3.05, 3.63) is 59.2 Å². The first-order valence-electron chi connectivity index (χ1n) is 6.30. The van der Waals surface area contributed by atoms with Crippen molar-refractivity contribution in [2.24, 2.45) is 0 Å². The number of anilines is 1. The fourth-order valence-corrected chi connectivity index (χ4v) is 1.83. The highest BCUT2D eigenvalue weighted by atomic mass is 16.5. The maximum Gasteiger partial charge on any atom is 0.335 e. The van der Waals surface area contributed by atoms with Crippen LogP contribution in [-0.4, -0.2) is 24.1 Å². The lowest BCUT2D eigenvalue weighted by atomic mass is 10.1. The number of rotatable bonds is 4. The number of ether oxygens (including phenoxy) is 1. The number of carboxylic acids is 1. The third kappa shape index (κ3) is 3.39. The number of aromatic carboxylic acids is 1. The minimum Gasteiger partial charge on any atom is -0.497 e. The summed E-state index contributed by atoms with van der Waals surface area (Å²) in [4.78, 5) is 23.1. The number of carbonyl (C=O) groups is 2. The van der Waals surface area contributed by atoms with Gasteiger partial charge in [0.1, 0.15) is 5.75 Å². The lowest BCUT2D eigenvalue weighted by molar-refractivity contribution is 0.0696. The second-order valence-electron chi connectivity index (χ2n) is 4.52. The summed E-state index contributed by atoms with van der Waals surface area (Å²) in [6.07, 6.45) is 0. The molecule has 0 saturated heterocycles. The molecule has 5 heteroatoms. The van der Waals surface area contributed by atoms with Crippen molar-refractivity contribution in [2.45, 2.75) is 6.92 Å². The summed E-state index contributed by atoms with van der Waals surface area (Å²) in [5.41, 5.74) is 1.87. The third-order valence-electron chi connectivity index (χ3n) is 3.08. The number of amides is 1.